The van der Waals surface area contributed by atoms with Crippen LogP contribution in [-0.2, 0) is 10.0 Å². The van der Waals surface area contributed by atoms with Gasteiger partial charge >= 0.3 is 0 Å². The molecule has 1 unspecified atom stereocenters. The minimum Gasteiger partial charge on any atom is -0.382 e. The fourth-order valence-corrected chi connectivity index (χ4v) is 3.52. The number of aromatic nitrogens is 2. The number of nitrogen functional groups attached to an aromatic ring is 1. The van der Waals surface area contributed by atoms with E-state index in [0.717, 1.165) is 15.9 Å². The van der Waals surface area contributed by atoms with Crippen LogP contribution in [0.25, 0.3) is 11.1 Å². The third kappa shape index (κ3) is 2.56. The summed E-state index contributed by atoms with van der Waals surface area (Å²) in [6, 6.07) is 7.01. The van der Waals surface area contributed by atoms with Crippen molar-refractivity contribution in [1.29, 1.82) is 0 Å². The zero-order chi connectivity index (χ0) is 16.7. The molecule has 0 bridgehead atoms. The molecule has 1 aromatic heterocycles. The van der Waals surface area contributed by atoms with Crippen molar-refractivity contribution in [1.82, 2.24) is 8.77 Å². The predicted molar refractivity (Wildman–Crippen MR) is 88.5 cm³/mol. The number of hydrogen-bond donors (Lipinski definition) is 1. The van der Waals surface area contributed by atoms with Crippen LogP contribution in [0.3, 0.4) is 0 Å². The Morgan fingerprint density at radius 3 is 2.36 bits per heavy atom. The molecule has 0 saturated heterocycles. The zero-order valence-corrected chi connectivity index (χ0v) is 14.0. The topological polar surface area (TPSA) is 87.1 Å². The van der Waals surface area contributed by atoms with Gasteiger partial charge in [-0.05, 0) is 31.4 Å². The normalized spacial score (nSPS) is 13.3. The van der Waals surface area contributed by atoms with Crippen LogP contribution >= 0.6 is 0 Å². The van der Waals surface area contributed by atoms with Gasteiger partial charge in [0.2, 0.25) is 0 Å². The molecule has 0 aliphatic rings. The zero-order valence-electron chi connectivity index (χ0n) is 13.2. The van der Waals surface area contributed by atoms with E-state index < -0.39 is 10.0 Å². The Labute approximate surface area is 130 Å². The first-order valence-corrected chi connectivity index (χ1v) is 8.94. The van der Waals surface area contributed by atoms with Gasteiger partial charge in [0.15, 0.2) is 0 Å². The van der Waals surface area contributed by atoms with Gasteiger partial charge < -0.3 is 5.73 Å². The molecule has 22 heavy (non-hydrogen) atoms. The first-order valence-electron chi connectivity index (χ1n) is 7.09. The van der Waals surface area contributed by atoms with E-state index in [1.54, 1.807) is 19.1 Å². The number of nitrogens with zero attached hydrogens (tertiary/aromatic N) is 2. The summed E-state index contributed by atoms with van der Waals surface area (Å²) >= 11 is 0. The van der Waals surface area contributed by atoms with Crippen molar-refractivity contribution in [2.24, 2.45) is 0 Å². The molecule has 6 nitrogen and oxygen atoms in total. The summed E-state index contributed by atoms with van der Waals surface area (Å²) < 4.78 is 26.4. The highest BCUT2D eigenvalue weighted by Crippen LogP contribution is 2.28. The number of benzene rings is 1. The lowest BCUT2D eigenvalue weighted by atomic mass is 10.0. The van der Waals surface area contributed by atoms with E-state index in [4.69, 9.17) is 5.73 Å². The van der Waals surface area contributed by atoms with E-state index >= 15 is 0 Å². The van der Waals surface area contributed by atoms with Gasteiger partial charge in [-0.1, -0.05) is 31.2 Å². The van der Waals surface area contributed by atoms with Crippen molar-refractivity contribution < 1.29 is 8.42 Å². The summed E-state index contributed by atoms with van der Waals surface area (Å²) in [5.74, 6) is -0.0397. The standard InChI is InChI=1S/C15H21N3O3S/c1-5-11(3)17-15(19)13(12-9-7-6-8-10(12)2)14(16)18(17)22(4,20)21/h6-9,11H,5,16H2,1-4H3. The number of hydrogen-bond acceptors (Lipinski definition) is 4. The Hall–Kier alpha value is -2.02. The van der Waals surface area contributed by atoms with Crippen LogP contribution in [0.4, 0.5) is 5.82 Å². The highest BCUT2D eigenvalue weighted by atomic mass is 32.2. The Morgan fingerprint density at radius 1 is 1.27 bits per heavy atom. The van der Waals surface area contributed by atoms with E-state index in [9.17, 15) is 13.2 Å². The van der Waals surface area contributed by atoms with Crippen LogP contribution < -0.4 is 11.3 Å². The predicted octanol–water partition coefficient (Wildman–Crippen LogP) is 1.99. The summed E-state index contributed by atoms with van der Waals surface area (Å²) in [6.45, 7) is 5.55. The Morgan fingerprint density at radius 2 is 1.86 bits per heavy atom. The number of rotatable bonds is 4. The molecule has 1 aromatic carbocycles. The van der Waals surface area contributed by atoms with E-state index in [-0.39, 0.29) is 23.0 Å². The lowest BCUT2D eigenvalue weighted by Crippen LogP contribution is -2.30. The minimum absolute atomic E-state index is 0.0397. The Kier molecular flexibility index (Phi) is 4.19. The van der Waals surface area contributed by atoms with E-state index in [0.29, 0.717) is 12.0 Å². The molecule has 2 rings (SSSR count). The molecule has 0 aliphatic heterocycles. The van der Waals surface area contributed by atoms with Gasteiger partial charge in [0.05, 0.1) is 17.9 Å². The van der Waals surface area contributed by atoms with Crippen molar-refractivity contribution in [2.45, 2.75) is 33.2 Å². The fourth-order valence-electron chi connectivity index (χ4n) is 2.52. The second kappa shape index (κ2) is 5.64. The van der Waals surface area contributed by atoms with E-state index in [1.165, 1.54) is 4.68 Å². The molecular weight excluding hydrogens is 302 g/mol. The largest absolute Gasteiger partial charge is 0.382 e. The molecule has 0 spiro atoms. The van der Waals surface area contributed by atoms with Gasteiger partial charge in [-0.25, -0.2) is 13.1 Å². The van der Waals surface area contributed by atoms with Crippen LogP contribution in [0, 0.1) is 6.92 Å². The van der Waals surface area contributed by atoms with Gasteiger partial charge in [0.1, 0.15) is 5.82 Å². The summed E-state index contributed by atoms with van der Waals surface area (Å²) in [7, 11) is -3.69. The van der Waals surface area contributed by atoms with Crippen LogP contribution in [-0.4, -0.2) is 23.4 Å². The highest BCUT2D eigenvalue weighted by molar-refractivity contribution is 7.89. The molecular formula is C15H21N3O3S. The monoisotopic (exact) mass is 323 g/mol. The Balaban J connectivity index is 2.93. The molecule has 0 radical (unpaired) electrons. The average Bonchev–Trinajstić information content (AvgIpc) is 2.70. The van der Waals surface area contributed by atoms with Crippen LogP contribution in [0.15, 0.2) is 29.1 Å². The van der Waals surface area contributed by atoms with Gasteiger partial charge in [-0.3, -0.25) is 4.79 Å². The van der Waals surface area contributed by atoms with Gasteiger partial charge in [-0.15, -0.1) is 0 Å². The second-order valence-corrected chi connectivity index (χ2v) is 7.30. The lowest BCUT2D eigenvalue weighted by molar-refractivity contribution is 0.438. The molecule has 120 valence electrons. The first-order chi connectivity index (χ1) is 10.2. The maximum Gasteiger partial charge on any atom is 0.277 e. The molecule has 2 N–H and O–H groups in total. The summed E-state index contributed by atoms with van der Waals surface area (Å²) in [5.41, 5.74) is 7.43. The van der Waals surface area contributed by atoms with E-state index in [2.05, 4.69) is 0 Å². The van der Waals surface area contributed by atoms with Crippen molar-refractivity contribution in [3.8, 4) is 11.1 Å². The Bertz CT molecular complexity index is 863. The summed E-state index contributed by atoms with van der Waals surface area (Å²) in [4.78, 5) is 12.8. The van der Waals surface area contributed by atoms with E-state index in [1.807, 2.05) is 26.0 Å². The molecule has 2 aromatic rings. The highest BCUT2D eigenvalue weighted by Gasteiger charge is 2.27. The maximum absolute atomic E-state index is 12.8. The van der Waals surface area contributed by atoms with Gasteiger partial charge in [-0.2, -0.15) is 4.09 Å². The summed E-state index contributed by atoms with van der Waals surface area (Å²) in [5, 5.41) is 0. The number of anilines is 1. The number of aryl methyl sites for hydroxylation is 1. The molecule has 0 amide bonds. The first kappa shape index (κ1) is 16.4. The fraction of sp³-hybridized carbons (Fsp3) is 0.400. The van der Waals surface area contributed by atoms with Gasteiger partial charge in [0.25, 0.3) is 15.6 Å². The molecule has 0 saturated carbocycles. The lowest BCUT2D eigenvalue weighted by Gasteiger charge is -2.15. The molecule has 7 heteroatoms. The number of nitrogens with two attached hydrogens (primary N) is 1. The van der Waals surface area contributed by atoms with Crippen LogP contribution in [0.5, 0.6) is 0 Å². The van der Waals surface area contributed by atoms with Crippen LogP contribution in [0.2, 0.25) is 0 Å². The second-order valence-electron chi connectivity index (χ2n) is 5.49. The minimum atomic E-state index is -3.69. The van der Waals surface area contributed by atoms with Crippen molar-refractivity contribution in [3.05, 3.63) is 40.2 Å². The quantitative estimate of drug-likeness (QED) is 0.932. The third-order valence-corrected chi connectivity index (χ3v) is 4.82. The summed E-state index contributed by atoms with van der Waals surface area (Å²) in [6.07, 6.45) is 1.66. The SMILES string of the molecule is CCC(C)n1c(=O)c(-c2ccccc2C)c(N)n1S(C)(=O)=O. The van der Waals surface area contributed by atoms with Crippen LogP contribution in [0.1, 0.15) is 31.9 Å². The third-order valence-electron chi connectivity index (χ3n) is 3.82. The molecule has 1 atom stereocenters. The smallest absolute Gasteiger partial charge is 0.277 e. The average molecular weight is 323 g/mol. The molecule has 0 aliphatic carbocycles. The van der Waals surface area contributed by atoms with Gasteiger partial charge in [0, 0.05) is 0 Å². The molecule has 1 heterocycles. The van der Waals surface area contributed by atoms with Crippen molar-refractivity contribution in [3.63, 3.8) is 0 Å². The van der Waals surface area contributed by atoms with Crippen molar-refractivity contribution >= 4 is 15.8 Å². The van der Waals surface area contributed by atoms with Crippen molar-refractivity contribution in [2.75, 3.05) is 12.0 Å². The molecule has 0 fully saturated rings. The maximum atomic E-state index is 12.8.